The summed E-state index contributed by atoms with van der Waals surface area (Å²) in [6, 6.07) is 0. The van der Waals surface area contributed by atoms with Crippen LogP contribution in [0.5, 0.6) is 0 Å². The number of rotatable bonds is 11. The molecule has 0 amide bonds. The van der Waals surface area contributed by atoms with Crippen LogP contribution < -0.4 is 0 Å². The first-order valence-corrected chi connectivity index (χ1v) is 7.19. The molecule has 0 aromatic heterocycles. The third-order valence-electron chi connectivity index (χ3n) is 3.23. The molecule has 0 saturated heterocycles. The van der Waals surface area contributed by atoms with E-state index < -0.39 is 0 Å². The van der Waals surface area contributed by atoms with E-state index in [1.54, 1.807) is 0 Å². The van der Waals surface area contributed by atoms with Crippen LogP contribution in [0.15, 0.2) is 0 Å². The molecule has 1 N–H and O–H groups in total. The zero-order valence-electron chi connectivity index (χ0n) is 13.8. The zero-order chi connectivity index (χ0) is 14.8. The number of hydrogen-bond donors (Lipinski definition) is 1. The Morgan fingerprint density at radius 2 is 1.05 bits per heavy atom. The maximum atomic E-state index is 9.30. The van der Waals surface area contributed by atoms with Crippen LogP contribution in [0.3, 0.4) is 0 Å². The van der Waals surface area contributed by atoms with Crippen molar-refractivity contribution < 1.29 is 5.11 Å². The quantitative estimate of drug-likeness (QED) is 0.561. The molecular formula is C14H34N4O. The summed E-state index contributed by atoms with van der Waals surface area (Å²) in [4.78, 5) is 9.11. The maximum absolute atomic E-state index is 9.30. The molecule has 5 nitrogen and oxygen atoms in total. The van der Waals surface area contributed by atoms with Crippen molar-refractivity contribution in [2.24, 2.45) is 0 Å². The van der Waals surface area contributed by atoms with Gasteiger partial charge in [0.1, 0.15) is 0 Å². The predicted molar refractivity (Wildman–Crippen MR) is 82.7 cm³/mol. The second-order valence-electron chi connectivity index (χ2n) is 6.02. The van der Waals surface area contributed by atoms with Crippen LogP contribution in [0.1, 0.15) is 6.92 Å². The lowest BCUT2D eigenvalue weighted by molar-refractivity contribution is 0.133. The monoisotopic (exact) mass is 274 g/mol. The number of nitrogens with zero attached hydrogens (tertiary/aromatic N) is 4. The van der Waals surface area contributed by atoms with Crippen LogP contribution in [0.2, 0.25) is 0 Å². The molecule has 0 spiro atoms. The van der Waals surface area contributed by atoms with Gasteiger partial charge < -0.3 is 24.7 Å². The van der Waals surface area contributed by atoms with Gasteiger partial charge >= 0.3 is 0 Å². The molecule has 0 heterocycles. The zero-order valence-corrected chi connectivity index (χ0v) is 13.8. The minimum Gasteiger partial charge on any atom is -0.392 e. The smallest absolute Gasteiger partial charge is 0.0638 e. The largest absolute Gasteiger partial charge is 0.392 e. The summed E-state index contributed by atoms with van der Waals surface area (Å²) in [5.74, 6) is 0. The maximum Gasteiger partial charge on any atom is 0.0638 e. The van der Waals surface area contributed by atoms with Gasteiger partial charge in [0, 0.05) is 45.8 Å². The van der Waals surface area contributed by atoms with Gasteiger partial charge in [0.05, 0.1) is 6.10 Å². The highest BCUT2D eigenvalue weighted by molar-refractivity contribution is 4.62. The van der Waals surface area contributed by atoms with Gasteiger partial charge in [-0.25, -0.2) is 0 Å². The van der Waals surface area contributed by atoms with E-state index in [9.17, 15) is 5.11 Å². The Balaban J connectivity index is 3.60. The summed E-state index contributed by atoms with van der Waals surface area (Å²) in [5, 5.41) is 9.30. The third-order valence-corrected chi connectivity index (χ3v) is 3.23. The minimum atomic E-state index is -0.243. The molecule has 0 aromatic carbocycles. The fraction of sp³-hybridized carbons (Fsp3) is 1.00. The molecule has 19 heavy (non-hydrogen) atoms. The van der Waals surface area contributed by atoms with Crippen molar-refractivity contribution in [3.63, 3.8) is 0 Å². The first-order chi connectivity index (χ1) is 8.81. The molecule has 0 saturated carbocycles. The summed E-state index contributed by atoms with van der Waals surface area (Å²) < 4.78 is 0. The van der Waals surface area contributed by atoms with Crippen molar-refractivity contribution in [1.82, 2.24) is 19.6 Å². The summed E-state index contributed by atoms with van der Waals surface area (Å²) in [7, 11) is 10.6. The van der Waals surface area contributed by atoms with Crippen molar-refractivity contribution >= 4 is 0 Å². The van der Waals surface area contributed by atoms with Crippen LogP contribution >= 0.6 is 0 Å². The number of aliphatic hydroxyl groups excluding tert-OH is 1. The Labute approximate surface area is 119 Å². The fourth-order valence-corrected chi connectivity index (χ4v) is 1.82. The lowest BCUT2D eigenvalue weighted by Gasteiger charge is -2.25. The van der Waals surface area contributed by atoms with Crippen molar-refractivity contribution in [2.75, 3.05) is 81.1 Å². The molecule has 0 radical (unpaired) electrons. The molecule has 0 bridgehead atoms. The van der Waals surface area contributed by atoms with Crippen molar-refractivity contribution in [3.05, 3.63) is 0 Å². The molecule has 0 aliphatic carbocycles. The Hall–Kier alpha value is -0.200. The highest BCUT2D eigenvalue weighted by Crippen LogP contribution is 1.91. The standard InChI is InChI=1S/C14H34N4O/c1-14(19)13-18(6)12-11-17(5)10-9-16(4)8-7-15(2)3/h14,19H,7-13H2,1-6H3. The first-order valence-electron chi connectivity index (χ1n) is 7.19. The van der Waals surface area contributed by atoms with Gasteiger partial charge in [0.25, 0.3) is 0 Å². The van der Waals surface area contributed by atoms with E-state index in [4.69, 9.17) is 0 Å². The second-order valence-corrected chi connectivity index (χ2v) is 6.02. The lowest BCUT2D eigenvalue weighted by Crippen LogP contribution is -2.38. The van der Waals surface area contributed by atoms with Crippen molar-refractivity contribution in [2.45, 2.75) is 13.0 Å². The van der Waals surface area contributed by atoms with E-state index in [0.29, 0.717) is 0 Å². The first kappa shape index (κ1) is 18.8. The molecule has 0 aliphatic rings. The van der Waals surface area contributed by atoms with E-state index in [2.05, 4.69) is 54.8 Å². The normalized spacial score (nSPS) is 14.1. The molecular weight excluding hydrogens is 240 g/mol. The minimum absolute atomic E-state index is 0.243. The highest BCUT2D eigenvalue weighted by Gasteiger charge is 2.06. The summed E-state index contributed by atoms with van der Waals surface area (Å²) in [6.07, 6.45) is -0.243. The van der Waals surface area contributed by atoms with E-state index in [1.807, 2.05) is 6.92 Å². The predicted octanol–water partition coefficient (Wildman–Crippen LogP) is -0.276. The molecule has 1 atom stereocenters. The molecule has 116 valence electrons. The molecule has 1 unspecified atom stereocenters. The fourth-order valence-electron chi connectivity index (χ4n) is 1.82. The molecule has 5 heteroatoms. The number of aliphatic hydroxyl groups is 1. The van der Waals surface area contributed by atoms with Gasteiger partial charge in [-0.3, -0.25) is 0 Å². The van der Waals surface area contributed by atoms with E-state index in [-0.39, 0.29) is 6.10 Å². The van der Waals surface area contributed by atoms with Gasteiger partial charge in [0.2, 0.25) is 0 Å². The Bertz CT molecular complexity index is 212. The Morgan fingerprint density at radius 3 is 1.42 bits per heavy atom. The third kappa shape index (κ3) is 12.6. The van der Waals surface area contributed by atoms with Crippen LogP contribution in [-0.4, -0.2) is 112 Å². The molecule has 0 rings (SSSR count). The Kier molecular flexibility index (Phi) is 10.5. The topological polar surface area (TPSA) is 33.2 Å². The van der Waals surface area contributed by atoms with Gasteiger partial charge in [-0.1, -0.05) is 0 Å². The average Bonchev–Trinajstić information content (AvgIpc) is 2.30. The van der Waals surface area contributed by atoms with E-state index >= 15 is 0 Å². The highest BCUT2D eigenvalue weighted by atomic mass is 16.3. The molecule has 0 aromatic rings. The van der Waals surface area contributed by atoms with Gasteiger partial charge in [-0.05, 0) is 42.2 Å². The molecule has 0 aliphatic heterocycles. The SMILES string of the molecule is CC(O)CN(C)CCN(C)CCN(C)CCN(C)C. The van der Waals surface area contributed by atoms with Crippen LogP contribution in [-0.2, 0) is 0 Å². The van der Waals surface area contributed by atoms with Crippen LogP contribution in [0.25, 0.3) is 0 Å². The van der Waals surface area contributed by atoms with Gasteiger partial charge in [-0.15, -0.1) is 0 Å². The van der Waals surface area contributed by atoms with Crippen molar-refractivity contribution in [3.8, 4) is 0 Å². The van der Waals surface area contributed by atoms with Gasteiger partial charge in [0.15, 0.2) is 0 Å². The summed E-state index contributed by atoms with van der Waals surface area (Å²) in [5.41, 5.74) is 0. The summed E-state index contributed by atoms with van der Waals surface area (Å²) in [6.45, 7) is 9.04. The lowest BCUT2D eigenvalue weighted by atomic mass is 10.3. The molecule has 0 fully saturated rings. The van der Waals surface area contributed by atoms with Crippen LogP contribution in [0, 0.1) is 0 Å². The van der Waals surface area contributed by atoms with E-state index in [0.717, 1.165) is 45.8 Å². The Morgan fingerprint density at radius 1 is 0.684 bits per heavy atom. The van der Waals surface area contributed by atoms with Crippen molar-refractivity contribution in [1.29, 1.82) is 0 Å². The summed E-state index contributed by atoms with van der Waals surface area (Å²) >= 11 is 0. The van der Waals surface area contributed by atoms with E-state index in [1.165, 1.54) is 0 Å². The van der Waals surface area contributed by atoms with Crippen LogP contribution in [0.4, 0.5) is 0 Å². The number of hydrogen-bond acceptors (Lipinski definition) is 5. The average molecular weight is 274 g/mol. The van der Waals surface area contributed by atoms with Gasteiger partial charge in [-0.2, -0.15) is 0 Å². The second kappa shape index (κ2) is 10.6. The number of likely N-dealkylation sites (N-methyl/N-ethyl adjacent to an activating group) is 4.